The molecule has 0 bridgehead atoms. The summed E-state index contributed by atoms with van der Waals surface area (Å²) in [5.74, 6) is 5.02. The van der Waals surface area contributed by atoms with Crippen LogP contribution >= 0.6 is 23.7 Å². The molecule has 2 aromatic rings. The largest absolute Gasteiger partial charge is 0.315 e. The fraction of sp³-hybridized carbons (Fsp3) is 0.214. The molecule has 0 radical (unpaired) electrons. The Bertz CT molecular complexity index is 626. The Morgan fingerprint density at radius 1 is 1.36 bits per heavy atom. The Hall–Kier alpha value is -1.96. The number of hydrogen-bond acceptors (Lipinski definition) is 5. The Morgan fingerprint density at radius 2 is 2.09 bits per heavy atom. The van der Waals surface area contributed by atoms with Crippen LogP contribution in [0.25, 0.3) is 0 Å². The number of carbonyl (C=O) groups is 1. The standard InChI is InChI=1S/C14H17N5OS.ClH/c1-10(20)19-14-16-8-13(21-14)7-4-11-2-5-12(6-3-11)17-9-18-15;/h2-3,5-6,8-9H,4,7,15H2,1H3,(H,17,18)(H,16,19,20);1H. The second kappa shape index (κ2) is 9.14. The Labute approximate surface area is 139 Å². The number of rotatable bonds is 6. The smallest absolute Gasteiger partial charge is 0.223 e. The summed E-state index contributed by atoms with van der Waals surface area (Å²) in [6.07, 6.45) is 5.06. The normalized spacial score (nSPS) is 10.3. The predicted molar refractivity (Wildman–Crippen MR) is 93.0 cm³/mol. The number of aliphatic imine (C=N–C) groups is 1. The lowest BCUT2D eigenvalue weighted by Gasteiger charge is -2.00. The van der Waals surface area contributed by atoms with E-state index in [2.05, 4.69) is 20.7 Å². The lowest BCUT2D eigenvalue weighted by molar-refractivity contribution is -0.114. The van der Waals surface area contributed by atoms with Crippen molar-refractivity contribution in [1.82, 2.24) is 10.4 Å². The summed E-state index contributed by atoms with van der Waals surface area (Å²) in [7, 11) is 0. The molecule has 22 heavy (non-hydrogen) atoms. The van der Waals surface area contributed by atoms with Crippen LogP contribution in [0.2, 0.25) is 0 Å². The molecule has 2 rings (SSSR count). The second-order valence-electron chi connectivity index (χ2n) is 4.40. The molecular weight excluding hydrogens is 322 g/mol. The van der Waals surface area contributed by atoms with Gasteiger partial charge in [0.1, 0.15) is 6.34 Å². The van der Waals surface area contributed by atoms with Gasteiger partial charge in [-0.1, -0.05) is 12.1 Å². The van der Waals surface area contributed by atoms with Gasteiger partial charge in [-0.2, -0.15) is 0 Å². The van der Waals surface area contributed by atoms with Crippen LogP contribution in [-0.4, -0.2) is 17.2 Å². The number of halogens is 1. The summed E-state index contributed by atoms with van der Waals surface area (Å²) in [6.45, 7) is 1.48. The second-order valence-corrected chi connectivity index (χ2v) is 5.52. The van der Waals surface area contributed by atoms with E-state index in [-0.39, 0.29) is 18.3 Å². The molecule has 0 aliphatic heterocycles. The molecule has 0 aliphatic carbocycles. The first-order chi connectivity index (χ1) is 10.2. The molecule has 8 heteroatoms. The van der Waals surface area contributed by atoms with E-state index in [1.165, 1.54) is 30.2 Å². The Kier molecular flexibility index (Phi) is 7.51. The van der Waals surface area contributed by atoms with Crippen LogP contribution in [-0.2, 0) is 17.6 Å². The zero-order valence-electron chi connectivity index (χ0n) is 12.1. The summed E-state index contributed by atoms with van der Waals surface area (Å²) in [5.41, 5.74) is 4.44. The number of nitrogens with zero attached hydrogens (tertiary/aromatic N) is 2. The van der Waals surface area contributed by atoms with Crippen LogP contribution in [0.4, 0.5) is 10.8 Å². The van der Waals surface area contributed by atoms with Crippen LogP contribution in [0.1, 0.15) is 17.4 Å². The van der Waals surface area contributed by atoms with Crippen molar-refractivity contribution in [3.63, 3.8) is 0 Å². The topological polar surface area (TPSA) is 92.4 Å². The minimum atomic E-state index is -0.0981. The maximum atomic E-state index is 10.9. The highest BCUT2D eigenvalue weighted by Crippen LogP contribution is 2.20. The third-order valence-corrected chi connectivity index (χ3v) is 3.69. The van der Waals surface area contributed by atoms with Crippen molar-refractivity contribution < 1.29 is 4.79 Å². The van der Waals surface area contributed by atoms with Gasteiger partial charge in [0.05, 0.1) is 5.69 Å². The molecule has 1 aromatic heterocycles. The van der Waals surface area contributed by atoms with E-state index in [1.807, 2.05) is 30.5 Å². The van der Waals surface area contributed by atoms with E-state index in [9.17, 15) is 4.79 Å². The summed E-state index contributed by atoms with van der Waals surface area (Å²) >= 11 is 1.51. The number of amides is 1. The number of carbonyl (C=O) groups excluding carboxylic acids is 1. The molecule has 1 aromatic carbocycles. The lowest BCUT2D eigenvalue weighted by Crippen LogP contribution is -2.18. The number of hydrogen-bond donors (Lipinski definition) is 3. The van der Waals surface area contributed by atoms with E-state index < -0.39 is 0 Å². The Morgan fingerprint density at radius 3 is 2.73 bits per heavy atom. The summed E-state index contributed by atoms with van der Waals surface area (Å²) in [6, 6.07) is 7.97. The summed E-state index contributed by atoms with van der Waals surface area (Å²) in [5, 5.41) is 3.34. The van der Waals surface area contributed by atoms with Crippen LogP contribution < -0.4 is 16.6 Å². The van der Waals surface area contributed by atoms with Crippen molar-refractivity contribution in [3.8, 4) is 0 Å². The van der Waals surface area contributed by atoms with Crippen LogP contribution in [0.15, 0.2) is 35.5 Å². The molecule has 0 aliphatic rings. The highest BCUT2D eigenvalue weighted by molar-refractivity contribution is 7.15. The number of nitrogens with one attached hydrogen (secondary N) is 2. The first kappa shape index (κ1) is 18.1. The minimum absolute atomic E-state index is 0. The quantitative estimate of drug-likeness (QED) is 0.326. The van der Waals surface area contributed by atoms with Gasteiger partial charge in [0, 0.05) is 18.0 Å². The van der Waals surface area contributed by atoms with Gasteiger partial charge >= 0.3 is 0 Å². The predicted octanol–water partition coefficient (Wildman–Crippen LogP) is 2.43. The number of nitrogens with two attached hydrogens (primary N) is 1. The van der Waals surface area contributed by atoms with Crippen LogP contribution in [0.3, 0.4) is 0 Å². The fourth-order valence-corrected chi connectivity index (χ4v) is 2.62. The molecule has 0 saturated heterocycles. The average Bonchev–Trinajstić information content (AvgIpc) is 2.91. The molecule has 0 spiro atoms. The number of thiazole rings is 1. The van der Waals surface area contributed by atoms with E-state index in [0.29, 0.717) is 5.13 Å². The van der Waals surface area contributed by atoms with Crippen molar-refractivity contribution in [2.45, 2.75) is 19.8 Å². The molecule has 0 unspecified atom stereocenters. The highest BCUT2D eigenvalue weighted by Gasteiger charge is 2.04. The van der Waals surface area contributed by atoms with Crippen LogP contribution in [0.5, 0.6) is 0 Å². The Balaban J connectivity index is 0.00000242. The molecule has 118 valence electrons. The van der Waals surface area contributed by atoms with Gasteiger partial charge in [0.25, 0.3) is 0 Å². The van der Waals surface area contributed by atoms with Crippen molar-refractivity contribution in [1.29, 1.82) is 0 Å². The summed E-state index contributed by atoms with van der Waals surface area (Å²) in [4.78, 5) is 20.4. The number of aromatic nitrogens is 1. The van der Waals surface area contributed by atoms with Gasteiger partial charge in [-0.05, 0) is 30.5 Å². The van der Waals surface area contributed by atoms with Crippen molar-refractivity contribution in [2.24, 2.45) is 10.8 Å². The number of anilines is 1. The third-order valence-electron chi connectivity index (χ3n) is 2.72. The molecule has 4 N–H and O–H groups in total. The van der Waals surface area contributed by atoms with E-state index in [4.69, 9.17) is 5.84 Å². The van der Waals surface area contributed by atoms with Gasteiger partial charge in [-0.25, -0.2) is 15.8 Å². The highest BCUT2D eigenvalue weighted by atomic mass is 35.5. The molecule has 0 fully saturated rings. The lowest BCUT2D eigenvalue weighted by atomic mass is 10.1. The van der Waals surface area contributed by atoms with Gasteiger partial charge < -0.3 is 10.7 Å². The van der Waals surface area contributed by atoms with Gasteiger partial charge in [-0.15, -0.1) is 23.7 Å². The number of aryl methyl sites for hydroxylation is 2. The first-order valence-corrected chi connectivity index (χ1v) is 7.29. The first-order valence-electron chi connectivity index (χ1n) is 6.47. The summed E-state index contributed by atoms with van der Waals surface area (Å²) < 4.78 is 0. The van der Waals surface area contributed by atoms with E-state index in [1.54, 1.807) is 0 Å². The fourth-order valence-electron chi connectivity index (χ4n) is 1.76. The minimum Gasteiger partial charge on any atom is -0.315 e. The molecule has 1 amide bonds. The number of hydrazine groups is 1. The maximum absolute atomic E-state index is 10.9. The van der Waals surface area contributed by atoms with Crippen molar-refractivity contribution in [3.05, 3.63) is 40.9 Å². The van der Waals surface area contributed by atoms with Gasteiger partial charge in [0.2, 0.25) is 5.91 Å². The molecule has 6 nitrogen and oxygen atoms in total. The average molecular weight is 340 g/mol. The monoisotopic (exact) mass is 339 g/mol. The maximum Gasteiger partial charge on any atom is 0.223 e. The number of benzene rings is 1. The molecule has 1 heterocycles. The molecule has 0 saturated carbocycles. The zero-order chi connectivity index (χ0) is 15.1. The van der Waals surface area contributed by atoms with E-state index >= 15 is 0 Å². The van der Waals surface area contributed by atoms with Crippen LogP contribution in [0, 0.1) is 0 Å². The van der Waals surface area contributed by atoms with Gasteiger partial charge in [-0.3, -0.25) is 4.79 Å². The SMILES string of the molecule is CC(=O)Nc1ncc(CCc2ccc(N=CNN)cc2)s1.Cl. The van der Waals surface area contributed by atoms with Gasteiger partial charge in [0.15, 0.2) is 5.13 Å². The molecular formula is C14H18ClN5OS. The van der Waals surface area contributed by atoms with Crippen molar-refractivity contribution in [2.75, 3.05) is 5.32 Å². The van der Waals surface area contributed by atoms with E-state index in [0.717, 1.165) is 23.4 Å². The third kappa shape index (κ3) is 5.80. The van der Waals surface area contributed by atoms with Crippen molar-refractivity contribution >= 4 is 46.8 Å². The zero-order valence-corrected chi connectivity index (χ0v) is 13.7. The molecule has 0 atom stereocenters.